The van der Waals surface area contributed by atoms with Gasteiger partial charge in [-0.05, 0) is 60.5 Å². The topological polar surface area (TPSA) is 51.5 Å². The van der Waals surface area contributed by atoms with Crippen molar-refractivity contribution in [1.82, 2.24) is 9.47 Å². The number of hydrogen-bond acceptors (Lipinski definition) is 4. The average Bonchev–Trinajstić information content (AvgIpc) is 3.10. The first-order valence-corrected chi connectivity index (χ1v) is 11.7. The molecular formula is C22H25FN2O3S. The fourth-order valence-electron chi connectivity index (χ4n) is 4.03. The third-order valence-electron chi connectivity index (χ3n) is 5.52. The number of benzene rings is 2. The van der Waals surface area contributed by atoms with Crippen LogP contribution in [0.25, 0.3) is 10.9 Å². The Bertz CT molecular complexity index is 1080. The molecule has 1 aliphatic heterocycles. The first-order chi connectivity index (χ1) is 13.9. The molecule has 0 N–H and O–H groups in total. The highest BCUT2D eigenvalue weighted by atomic mass is 32.2. The van der Waals surface area contributed by atoms with Crippen molar-refractivity contribution in [3.05, 3.63) is 66.1 Å². The molecule has 4 rings (SSSR count). The monoisotopic (exact) mass is 416 g/mol. The second-order valence-electron chi connectivity index (χ2n) is 7.68. The van der Waals surface area contributed by atoms with Crippen LogP contribution >= 0.6 is 0 Å². The Morgan fingerprint density at radius 2 is 1.79 bits per heavy atom. The molecule has 1 fully saturated rings. The molecule has 5 nitrogen and oxygen atoms in total. The molecule has 1 aromatic heterocycles. The van der Waals surface area contributed by atoms with Crippen LogP contribution in [0.1, 0.15) is 24.4 Å². The van der Waals surface area contributed by atoms with Crippen LogP contribution in [-0.4, -0.2) is 43.8 Å². The van der Waals surface area contributed by atoms with Crippen LogP contribution in [0, 0.1) is 5.82 Å². The highest BCUT2D eigenvalue weighted by Gasteiger charge is 2.21. The van der Waals surface area contributed by atoms with Gasteiger partial charge in [0.2, 0.25) is 0 Å². The Hall–Kier alpha value is -2.38. The molecule has 0 atom stereocenters. The van der Waals surface area contributed by atoms with Crippen molar-refractivity contribution in [1.29, 1.82) is 0 Å². The Morgan fingerprint density at radius 3 is 2.48 bits per heavy atom. The van der Waals surface area contributed by atoms with Crippen LogP contribution in [0.15, 0.2) is 54.7 Å². The highest BCUT2D eigenvalue weighted by Crippen LogP contribution is 2.30. The zero-order valence-corrected chi connectivity index (χ0v) is 17.2. The predicted octanol–water partition coefficient (Wildman–Crippen LogP) is 4.00. The summed E-state index contributed by atoms with van der Waals surface area (Å²) in [5.74, 6) is 0.148. The molecule has 7 heteroatoms. The molecule has 0 unspecified atom stereocenters. The quantitative estimate of drug-likeness (QED) is 0.570. The van der Waals surface area contributed by atoms with Gasteiger partial charge in [-0.15, -0.1) is 0 Å². The van der Waals surface area contributed by atoms with E-state index >= 15 is 0 Å². The van der Waals surface area contributed by atoms with Gasteiger partial charge in [-0.25, -0.2) is 4.39 Å². The predicted molar refractivity (Wildman–Crippen MR) is 112 cm³/mol. The molecule has 0 radical (unpaired) electrons. The first-order valence-electron chi connectivity index (χ1n) is 9.84. The van der Waals surface area contributed by atoms with Crippen LogP contribution in [0.4, 0.5) is 4.39 Å². The number of hydrogen-bond donors (Lipinski definition) is 0. The molecular weight excluding hydrogens is 391 g/mol. The van der Waals surface area contributed by atoms with E-state index in [2.05, 4.69) is 21.7 Å². The van der Waals surface area contributed by atoms with E-state index in [1.807, 2.05) is 18.2 Å². The largest absolute Gasteiger partial charge is 0.383 e. The van der Waals surface area contributed by atoms with Crippen molar-refractivity contribution in [2.45, 2.75) is 25.3 Å². The number of likely N-dealkylation sites (tertiary alicyclic amines) is 1. The average molecular weight is 417 g/mol. The van der Waals surface area contributed by atoms with Crippen LogP contribution in [0.3, 0.4) is 0 Å². The van der Waals surface area contributed by atoms with E-state index in [-0.39, 0.29) is 5.82 Å². The second-order valence-corrected chi connectivity index (χ2v) is 9.26. The minimum absolute atomic E-state index is 0.196. The van der Waals surface area contributed by atoms with Crippen LogP contribution < -0.4 is 4.18 Å². The molecule has 0 amide bonds. The third-order valence-corrected chi connectivity index (χ3v) is 6.02. The highest BCUT2D eigenvalue weighted by molar-refractivity contribution is 7.86. The van der Waals surface area contributed by atoms with Gasteiger partial charge in [0.15, 0.2) is 0 Å². The van der Waals surface area contributed by atoms with E-state index < -0.39 is 10.1 Å². The van der Waals surface area contributed by atoms with Crippen molar-refractivity contribution in [2.75, 3.05) is 25.9 Å². The minimum Gasteiger partial charge on any atom is -0.383 e. The van der Waals surface area contributed by atoms with Gasteiger partial charge >= 0.3 is 10.1 Å². The van der Waals surface area contributed by atoms with E-state index in [1.54, 1.807) is 12.1 Å². The van der Waals surface area contributed by atoms with Crippen LogP contribution in [0.5, 0.6) is 5.75 Å². The SMILES string of the molecule is CS(=O)(=O)Oc1ccc2ccn(C3CCN(CCc4ccc(F)cc4)CC3)c2c1. The molecule has 29 heavy (non-hydrogen) atoms. The standard InChI is InChI=1S/C22H25FN2O3S/c1-29(26,27)28-21-7-4-18-9-15-25(22(18)16-21)20-10-13-24(14-11-20)12-8-17-2-5-19(23)6-3-17/h2-7,9,15-16,20H,8,10-14H2,1H3. The lowest BCUT2D eigenvalue weighted by molar-refractivity contribution is 0.190. The molecule has 2 heterocycles. The Balaban J connectivity index is 1.39. The van der Waals surface area contributed by atoms with E-state index in [9.17, 15) is 12.8 Å². The third kappa shape index (κ3) is 4.97. The van der Waals surface area contributed by atoms with Crippen molar-refractivity contribution in [2.24, 2.45) is 0 Å². The summed E-state index contributed by atoms with van der Waals surface area (Å²) in [7, 11) is -3.54. The summed E-state index contributed by atoms with van der Waals surface area (Å²) in [5, 5.41) is 1.07. The minimum atomic E-state index is -3.54. The summed E-state index contributed by atoms with van der Waals surface area (Å²) >= 11 is 0. The van der Waals surface area contributed by atoms with Crippen molar-refractivity contribution in [3.8, 4) is 5.75 Å². The van der Waals surface area contributed by atoms with Crippen LogP contribution in [-0.2, 0) is 16.5 Å². The van der Waals surface area contributed by atoms with Gasteiger partial charge in [0.05, 0.1) is 11.8 Å². The summed E-state index contributed by atoms with van der Waals surface area (Å²) in [5.41, 5.74) is 2.15. The number of fused-ring (bicyclic) bond motifs is 1. The Kier molecular flexibility index (Phi) is 5.61. The molecule has 154 valence electrons. The lowest BCUT2D eigenvalue weighted by Gasteiger charge is -2.33. The van der Waals surface area contributed by atoms with Gasteiger partial charge in [0, 0.05) is 37.9 Å². The molecule has 2 aromatic carbocycles. The maximum atomic E-state index is 13.0. The Labute approximate surface area is 170 Å². The summed E-state index contributed by atoms with van der Waals surface area (Å²) in [6.45, 7) is 2.98. The molecule has 0 aliphatic carbocycles. The Morgan fingerprint density at radius 1 is 1.07 bits per heavy atom. The van der Waals surface area contributed by atoms with Gasteiger partial charge in [-0.2, -0.15) is 8.42 Å². The number of piperidine rings is 1. The first kappa shape index (κ1) is 19.9. The summed E-state index contributed by atoms with van der Waals surface area (Å²) < 4.78 is 43.2. The van der Waals surface area contributed by atoms with Gasteiger partial charge in [-0.3, -0.25) is 0 Å². The normalized spacial score (nSPS) is 16.3. The summed E-state index contributed by atoms with van der Waals surface area (Å²) in [6, 6.07) is 14.5. The second kappa shape index (κ2) is 8.16. The van der Waals surface area contributed by atoms with Gasteiger partial charge in [0.25, 0.3) is 0 Å². The maximum absolute atomic E-state index is 13.0. The van der Waals surface area contributed by atoms with Crippen LogP contribution in [0.2, 0.25) is 0 Å². The van der Waals surface area contributed by atoms with Gasteiger partial charge in [0.1, 0.15) is 11.6 Å². The zero-order chi connectivity index (χ0) is 20.4. The molecule has 1 aliphatic rings. The fourth-order valence-corrected chi connectivity index (χ4v) is 4.49. The molecule has 0 spiro atoms. The van der Waals surface area contributed by atoms with E-state index in [0.29, 0.717) is 11.8 Å². The smallest absolute Gasteiger partial charge is 0.306 e. The zero-order valence-electron chi connectivity index (χ0n) is 16.4. The van der Waals surface area contributed by atoms with Gasteiger partial charge < -0.3 is 13.7 Å². The maximum Gasteiger partial charge on any atom is 0.306 e. The van der Waals surface area contributed by atoms with Crippen molar-refractivity contribution in [3.63, 3.8) is 0 Å². The summed E-state index contributed by atoms with van der Waals surface area (Å²) in [4.78, 5) is 2.45. The van der Waals surface area contributed by atoms with Gasteiger partial charge in [-0.1, -0.05) is 12.1 Å². The summed E-state index contributed by atoms with van der Waals surface area (Å²) in [6.07, 6.45) is 6.12. The molecule has 0 bridgehead atoms. The number of aromatic nitrogens is 1. The lowest BCUT2D eigenvalue weighted by atomic mass is 10.0. The molecule has 0 saturated carbocycles. The van der Waals surface area contributed by atoms with E-state index in [1.165, 1.54) is 12.1 Å². The lowest BCUT2D eigenvalue weighted by Crippen LogP contribution is -2.35. The fraction of sp³-hybridized carbons (Fsp3) is 0.364. The molecule has 1 saturated heterocycles. The van der Waals surface area contributed by atoms with E-state index in [0.717, 1.165) is 61.6 Å². The van der Waals surface area contributed by atoms with Crippen molar-refractivity contribution < 1.29 is 17.0 Å². The van der Waals surface area contributed by atoms with Crippen molar-refractivity contribution >= 4 is 21.0 Å². The number of nitrogens with zero attached hydrogens (tertiary/aromatic N) is 2. The molecule has 3 aromatic rings. The number of halogens is 1. The number of rotatable bonds is 6. The van der Waals surface area contributed by atoms with E-state index in [4.69, 9.17) is 4.18 Å².